The Hall–Kier alpha value is -2.75. The summed E-state index contributed by atoms with van der Waals surface area (Å²) in [5.74, 6) is 1.19. The smallest absolute Gasteiger partial charge is 0.185 e. The molecular weight excluding hydrogens is 304 g/mol. The van der Waals surface area contributed by atoms with Crippen LogP contribution in [-0.4, -0.2) is 24.1 Å². The van der Waals surface area contributed by atoms with E-state index in [0.717, 1.165) is 12.0 Å². The normalized spacial score (nSPS) is 10.8. The highest BCUT2D eigenvalue weighted by Gasteiger charge is 2.10. The van der Waals surface area contributed by atoms with Crippen LogP contribution in [0.15, 0.2) is 48.5 Å². The van der Waals surface area contributed by atoms with Crippen molar-refractivity contribution in [2.75, 3.05) is 13.2 Å². The molecule has 0 saturated carbocycles. The average Bonchev–Trinajstić information content (AvgIpc) is 2.59. The minimum Gasteiger partial charge on any atom is -0.508 e. The Morgan fingerprint density at radius 3 is 2.62 bits per heavy atom. The van der Waals surface area contributed by atoms with E-state index in [1.54, 1.807) is 18.2 Å². The van der Waals surface area contributed by atoms with Crippen LogP contribution < -0.4 is 9.47 Å². The number of allylic oxidation sites excluding steroid dienone is 1. The van der Waals surface area contributed by atoms with Crippen LogP contribution in [0.25, 0.3) is 6.08 Å². The number of carbonyl (C=O) groups is 1. The van der Waals surface area contributed by atoms with E-state index in [-0.39, 0.29) is 11.5 Å². The van der Waals surface area contributed by atoms with Gasteiger partial charge in [0.15, 0.2) is 17.3 Å². The zero-order valence-electron chi connectivity index (χ0n) is 14.0. The number of benzene rings is 2. The van der Waals surface area contributed by atoms with Gasteiger partial charge in [-0.05, 0) is 43.7 Å². The molecular formula is C20H22O4. The fraction of sp³-hybridized carbons (Fsp3) is 0.250. The zero-order valence-corrected chi connectivity index (χ0v) is 14.0. The second-order valence-electron chi connectivity index (χ2n) is 5.20. The number of phenolic OH excluding ortho intramolecular Hbond substituents is 1. The van der Waals surface area contributed by atoms with Gasteiger partial charge in [-0.1, -0.05) is 31.2 Å². The van der Waals surface area contributed by atoms with E-state index in [2.05, 4.69) is 0 Å². The van der Waals surface area contributed by atoms with E-state index in [0.29, 0.717) is 30.3 Å². The molecule has 1 N–H and O–H groups in total. The lowest BCUT2D eigenvalue weighted by Gasteiger charge is -2.13. The molecule has 0 aliphatic rings. The van der Waals surface area contributed by atoms with Gasteiger partial charge in [-0.15, -0.1) is 0 Å². The summed E-state index contributed by atoms with van der Waals surface area (Å²) in [7, 11) is 0. The van der Waals surface area contributed by atoms with Crippen LogP contribution in [0.3, 0.4) is 0 Å². The monoisotopic (exact) mass is 326 g/mol. The van der Waals surface area contributed by atoms with Crippen LogP contribution in [0.4, 0.5) is 0 Å². The highest BCUT2D eigenvalue weighted by Crippen LogP contribution is 2.32. The lowest BCUT2D eigenvalue weighted by Crippen LogP contribution is -2.01. The molecule has 0 aliphatic carbocycles. The third-order valence-corrected chi connectivity index (χ3v) is 3.30. The first kappa shape index (κ1) is 17.6. The maximum absolute atomic E-state index is 12.2. The van der Waals surface area contributed by atoms with Crippen LogP contribution in [0.1, 0.15) is 36.2 Å². The fourth-order valence-corrected chi connectivity index (χ4v) is 2.21. The van der Waals surface area contributed by atoms with Crippen LogP contribution in [0, 0.1) is 0 Å². The highest BCUT2D eigenvalue weighted by molar-refractivity contribution is 6.07. The fourth-order valence-electron chi connectivity index (χ4n) is 2.21. The number of hydrogen-bond donors (Lipinski definition) is 1. The Bertz CT molecular complexity index is 719. The molecule has 0 saturated heterocycles. The zero-order chi connectivity index (χ0) is 17.4. The number of ketones is 1. The third-order valence-electron chi connectivity index (χ3n) is 3.30. The minimum absolute atomic E-state index is 0.0690. The van der Waals surface area contributed by atoms with Crippen molar-refractivity contribution in [3.8, 4) is 17.2 Å². The van der Waals surface area contributed by atoms with Gasteiger partial charge in [-0.3, -0.25) is 4.79 Å². The molecule has 0 unspecified atom stereocenters. The summed E-state index contributed by atoms with van der Waals surface area (Å²) in [4.78, 5) is 12.2. The van der Waals surface area contributed by atoms with Crippen molar-refractivity contribution in [3.05, 3.63) is 59.7 Å². The van der Waals surface area contributed by atoms with E-state index in [1.807, 2.05) is 32.0 Å². The van der Waals surface area contributed by atoms with Gasteiger partial charge < -0.3 is 14.6 Å². The molecule has 4 heteroatoms. The molecule has 0 spiro atoms. The maximum Gasteiger partial charge on any atom is 0.185 e. The van der Waals surface area contributed by atoms with Crippen molar-refractivity contribution in [3.63, 3.8) is 0 Å². The minimum atomic E-state index is -0.186. The van der Waals surface area contributed by atoms with Crippen LogP contribution in [-0.2, 0) is 0 Å². The molecule has 0 bridgehead atoms. The van der Waals surface area contributed by atoms with Gasteiger partial charge in [-0.2, -0.15) is 0 Å². The third kappa shape index (κ3) is 4.62. The summed E-state index contributed by atoms with van der Waals surface area (Å²) >= 11 is 0. The number of phenols is 1. The molecule has 0 amide bonds. The Morgan fingerprint density at radius 1 is 1.12 bits per heavy atom. The van der Waals surface area contributed by atoms with Gasteiger partial charge in [0.1, 0.15) is 5.75 Å². The number of aromatic hydroxyl groups is 1. The highest BCUT2D eigenvalue weighted by atomic mass is 16.5. The average molecular weight is 326 g/mol. The standard InChI is InChI=1S/C20H22O4/c1-3-13-24-20-15(7-6-10-19(20)23-4-2)11-12-18(22)16-8-5-9-17(21)14-16/h5-12,14,21H,3-4,13H2,1-2H3. The Labute approximate surface area is 142 Å². The van der Waals surface area contributed by atoms with Crippen molar-refractivity contribution in [2.45, 2.75) is 20.3 Å². The molecule has 2 rings (SSSR count). The molecule has 2 aromatic rings. The topological polar surface area (TPSA) is 55.8 Å². The molecule has 0 aliphatic heterocycles. The second kappa shape index (κ2) is 8.77. The van der Waals surface area contributed by atoms with Crippen molar-refractivity contribution in [1.82, 2.24) is 0 Å². The predicted molar refractivity (Wildman–Crippen MR) is 94.9 cm³/mol. The summed E-state index contributed by atoms with van der Waals surface area (Å²) in [6.45, 7) is 5.06. The number of para-hydroxylation sites is 1. The van der Waals surface area contributed by atoms with Crippen molar-refractivity contribution < 1.29 is 19.4 Å². The summed E-state index contributed by atoms with van der Waals surface area (Å²) in [6.07, 6.45) is 4.06. The first-order valence-corrected chi connectivity index (χ1v) is 8.05. The van der Waals surface area contributed by atoms with Crippen molar-refractivity contribution in [2.24, 2.45) is 0 Å². The molecule has 24 heavy (non-hydrogen) atoms. The Morgan fingerprint density at radius 2 is 1.92 bits per heavy atom. The van der Waals surface area contributed by atoms with E-state index in [4.69, 9.17) is 9.47 Å². The van der Waals surface area contributed by atoms with Gasteiger partial charge in [-0.25, -0.2) is 0 Å². The van der Waals surface area contributed by atoms with Gasteiger partial charge in [0.05, 0.1) is 13.2 Å². The van der Waals surface area contributed by atoms with E-state index in [9.17, 15) is 9.90 Å². The largest absolute Gasteiger partial charge is 0.508 e. The van der Waals surface area contributed by atoms with Crippen molar-refractivity contribution >= 4 is 11.9 Å². The predicted octanol–water partition coefficient (Wildman–Crippen LogP) is 4.48. The van der Waals surface area contributed by atoms with Gasteiger partial charge in [0.25, 0.3) is 0 Å². The van der Waals surface area contributed by atoms with E-state index in [1.165, 1.54) is 18.2 Å². The summed E-state index contributed by atoms with van der Waals surface area (Å²) in [5.41, 5.74) is 1.21. The number of ether oxygens (including phenoxy) is 2. The first-order chi connectivity index (χ1) is 11.7. The second-order valence-corrected chi connectivity index (χ2v) is 5.20. The van der Waals surface area contributed by atoms with Gasteiger partial charge in [0.2, 0.25) is 0 Å². The van der Waals surface area contributed by atoms with Gasteiger partial charge in [0, 0.05) is 11.1 Å². The molecule has 0 atom stereocenters. The van der Waals surface area contributed by atoms with E-state index < -0.39 is 0 Å². The molecule has 126 valence electrons. The van der Waals surface area contributed by atoms with Crippen LogP contribution in [0.2, 0.25) is 0 Å². The number of rotatable bonds is 8. The van der Waals surface area contributed by atoms with Crippen LogP contribution in [0.5, 0.6) is 17.2 Å². The Kier molecular flexibility index (Phi) is 6.43. The Balaban J connectivity index is 2.27. The van der Waals surface area contributed by atoms with E-state index >= 15 is 0 Å². The molecule has 0 aromatic heterocycles. The van der Waals surface area contributed by atoms with Crippen molar-refractivity contribution in [1.29, 1.82) is 0 Å². The summed E-state index contributed by atoms with van der Waals surface area (Å²) in [5, 5.41) is 9.47. The number of hydrogen-bond acceptors (Lipinski definition) is 4. The quantitative estimate of drug-likeness (QED) is 0.574. The number of carbonyl (C=O) groups excluding carboxylic acids is 1. The van der Waals surface area contributed by atoms with Crippen LogP contribution >= 0.6 is 0 Å². The molecule has 2 aromatic carbocycles. The lowest BCUT2D eigenvalue weighted by molar-refractivity contribution is 0.104. The summed E-state index contributed by atoms with van der Waals surface area (Å²) in [6, 6.07) is 11.9. The lowest BCUT2D eigenvalue weighted by atomic mass is 10.1. The van der Waals surface area contributed by atoms with Gasteiger partial charge >= 0.3 is 0 Å². The molecule has 0 heterocycles. The molecule has 0 radical (unpaired) electrons. The molecule has 4 nitrogen and oxygen atoms in total. The first-order valence-electron chi connectivity index (χ1n) is 8.05. The molecule has 0 fully saturated rings. The summed E-state index contributed by atoms with van der Waals surface area (Å²) < 4.78 is 11.4. The maximum atomic E-state index is 12.2. The SMILES string of the molecule is CCCOc1c(C=CC(=O)c2cccc(O)c2)cccc1OCC.